The van der Waals surface area contributed by atoms with E-state index in [0.29, 0.717) is 31.0 Å². The largest absolute Gasteiger partial charge is 0.370 e. The van der Waals surface area contributed by atoms with Gasteiger partial charge in [0.2, 0.25) is 15.9 Å². The summed E-state index contributed by atoms with van der Waals surface area (Å²) in [5.41, 5.74) is 1.75. The normalized spacial score (nSPS) is 19.7. The molecule has 0 spiro atoms. The molecule has 26 heavy (non-hydrogen) atoms. The molecule has 0 bridgehead atoms. The van der Waals surface area contributed by atoms with Crippen LogP contribution in [0.1, 0.15) is 32.6 Å². The second kappa shape index (κ2) is 8.15. The third-order valence-corrected chi connectivity index (χ3v) is 7.36. The molecule has 1 amide bonds. The van der Waals surface area contributed by atoms with E-state index >= 15 is 0 Å². The molecule has 1 aromatic carbocycles. The Kier molecular flexibility index (Phi) is 6.10. The molecule has 2 aliphatic rings. The summed E-state index contributed by atoms with van der Waals surface area (Å²) in [6.07, 6.45) is 3.40. The molecular weight excluding hydrogens is 374 g/mol. The van der Waals surface area contributed by atoms with Gasteiger partial charge < -0.3 is 10.2 Å². The zero-order valence-electron chi connectivity index (χ0n) is 15.1. The van der Waals surface area contributed by atoms with Crippen molar-refractivity contribution in [3.63, 3.8) is 0 Å². The number of rotatable bonds is 5. The minimum absolute atomic E-state index is 0.0544. The number of amides is 1. The summed E-state index contributed by atoms with van der Waals surface area (Å²) in [5.74, 6) is -0.129. The van der Waals surface area contributed by atoms with Gasteiger partial charge in [0.15, 0.2) is 0 Å². The van der Waals surface area contributed by atoms with Crippen LogP contribution in [-0.4, -0.2) is 50.6 Å². The third-order valence-electron chi connectivity index (χ3n) is 5.25. The van der Waals surface area contributed by atoms with E-state index < -0.39 is 10.0 Å². The summed E-state index contributed by atoms with van der Waals surface area (Å²) in [6.45, 7) is 4.42. The monoisotopic (exact) mass is 399 g/mol. The molecule has 2 aliphatic heterocycles. The zero-order valence-corrected chi connectivity index (χ0v) is 16.7. The van der Waals surface area contributed by atoms with Gasteiger partial charge in [0.1, 0.15) is 0 Å². The van der Waals surface area contributed by atoms with Crippen molar-refractivity contribution < 1.29 is 13.2 Å². The van der Waals surface area contributed by atoms with Crippen molar-refractivity contribution in [2.75, 3.05) is 42.1 Å². The maximum atomic E-state index is 12.7. The Morgan fingerprint density at radius 2 is 1.85 bits per heavy atom. The SMILES string of the molecule is CCS(=O)(=O)N1CCC(C(=O)Nc2cc(Cl)ccc2N2CCCC2)CC1. The van der Waals surface area contributed by atoms with Gasteiger partial charge in [0, 0.05) is 37.1 Å². The molecule has 1 N–H and O–H groups in total. The van der Waals surface area contributed by atoms with E-state index in [9.17, 15) is 13.2 Å². The van der Waals surface area contributed by atoms with Crippen LogP contribution in [0.25, 0.3) is 0 Å². The summed E-state index contributed by atoms with van der Waals surface area (Å²) in [5, 5.41) is 3.62. The van der Waals surface area contributed by atoms with Crippen LogP contribution in [0.3, 0.4) is 0 Å². The van der Waals surface area contributed by atoms with E-state index in [-0.39, 0.29) is 17.6 Å². The molecule has 0 radical (unpaired) electrons. The number of piperidine rings is 1. The fraction of sp³-hybridized carbons (Fsp3) is 0.611. The first kappa shape index (κ1) is 19.5. The van der Waals surface area contributed by atoms with Crippen molar-refractivity contribution in [2.45, 2.75) is 32.6 Å². The molecule has 6 nitrogen and oxygen atoms in total. The molecule has 2 saturated heterocycles. The lowest BCUT2D eigenvalue weighted by Gasteiger charge is -2.30. The molecular formula is C18H26ClN3O3S. The maximum Gasteiger partial charge on any atom is 0.227 e. The van der Waals surface area contributed by atoms with Crippen molar-refractivity contribution in [3.05, 3.63) is 23.2 Å². The number of benzene rings is 1. The standard InChI is InChI=1S/C18H26ClN3O3S/c1-2-26(24,25)22-11-7-14(8-12-22)18(23)20-16-13-15(19)5-6-17(16)21-9-3-4-10-21/h5-6,13-14H,2-4,7-12H2,1H3,(H,20,23). The average molecular weight is 400 g/mol. The highest BCUT2D eigenvalue weighted by molar-refractivity contribution is 7.89. The van der Waals surface area contributed by atoms with Crippen LogP contribution < -0.4 is 10.2 Å². The molecule has 0 unspecified atom stereocenters. The minimum Gasteiger partial charge on any atom is -0.370 e. The number of halogens is 1. The van der Waals surface area contributed by atoms with Gasteiger partial charge in [-0.3, -0.25) is 4.79 Å². The van der Waals surface area contributed by atoms with E-state index in [1.165, 1.54) is 4.31 Å². The van der Waals surface area contributed by atoms with Gasteiger partial charge in [-0.1, -0.05) is 11.6 Å². The van der Waals surface area contributed by atoms with Gasteiger partial charge in [0.25, 0.3) is 0 Å². The van der Waals surface area contributed by atoms with Crippen molar-refractivity contribution in [2.24, 2.45) is 5.92 Å². The fourth-order valence-corrected chi connectivity index (χ4v) is 4.96. The molecule has 0 aromatic heterocycles. The van der Waals surface area contributed by atoms with E-state index in [2.05, 4.69) is 10.2 Å². The van der Waals surface area contributed by atoms with Crippen molar-refractivity contribution >= 4 is 38.9 Å². The number of hydrogen-bond acceptors (Lipinski definition) is 4. The predicted molar refractivity (Wildman–Crippen MR) is 105 cm³/mol. The number of carbonyl (C=O) groups excluding carboxylic acids is 1. The highest BCUT2D eigenvalue weighted by atomic mass is 35.5. The quantitative estimate of drug-likeness (QED) is 0.826. The van der Waals surface area contributed by atoms with Gasteiger partial charge in [-0.05, 0) is 50.8 Å². The van der Waals surface area contributed by atoms with Crippen molar-refractivity contribution in [1.29, 1.82) is 0 Å². The molecule has 144 valence electrons. The summed E-state index contributed by atoms with van der Waals surface area (Å²) >= 11 is 6.13. The Morgan fingerprint density at radius 3 is 2.46 bits per heavy atom. The number of nitrogens with one attached hydrogen (secondary N) is 1. The van der Waals surface area contributed by atoms with Gasteiger partial charge in [-0.15, -0.1) is 0 Å². The lowest BCUT2D eigenvalue weighted by atomic mass is 9.97. The first-order chi connectivity index (χ1) is 12.4. The molecule has 0 atom stereocenters. The molecule has 3 rings (SSSR count). The number of hydrogen-bond donors (Lipinski definition) is 1. The maximum absolute atomic E-state index is 12.7. The zero-order chi connectivity index (χ0) is 18.7. The highest BCUT2D eigenvalue weighted by Crippen LogP contribution is 2.32. The Labute approximate surface area is 160 Å². The fourth-order valence-electron chi connectivity index (χ4n) is 3.66. The molecule has 2 heterocycles. The van der Waals surface area contributed by atoms with Crippen molar-refractivity contribution in [3.8, 4) is 0 Å². The molecule has 8 heteroatoms. The van der Waals surface area contributed by atoms with Gasteiger partial charge in [-0.2, -0.15) is 0 Å². The third kappa shape index (κ3) is 4.32. The average Bonchev–Trinajstić information content (AvgIpc) is 3.16. The minimum atomic E-state index is -3.18. The van der Waals surface area contributed by atoms with Crippen LogP contribution in [0.15, 0.2) is 18.2 Å². The Morgan fingerprint density at radius 1 is 1.19 bits per heavy atom. The van der Waals surface area contributed by atoms with Crippen LogP contribution >= 0.6 is 11.6 Å². The van der Waals surface area contributed by atoms with Crippen LogP contribution in [0, 0.1) is 5.92 Å². The van der Waals surface area contributed by atoms with Crippen molar-refractivity contribution in [1.82, 2.24) is 4.31 Å². The topological polar surface area (TPSA) is 69.7 Å². The highest BCUT2D eigenvalue weighted by Gasteiger charge is 2.30. The van der Waals surface area contributed by atoms with E-state index in [0.717, 1.165) is 37.3 Å². The summed E-state index contributed by atoms with van der Waals surface area (Å²) in [6, 6.07) is 5.60. The van der Waals surface area contributed by atoms with Gasteiger partial charge in [0.05, 0.1) is 17.1 Å². The van der Waals surface area contributed by atoms with Crippen LogP contribution in [0.2, 0.25) is 5.02 Å². The summed E-state index contributed by atoms with van der Waals surface area (Å²) in [4.78, 5) is 15.0. The summed E-state index contributed by atoms with van der Waals surface area (Å²) < 4.78 is 25.4. The number of sulfonamides is 1. The number of anilines is 2. The molecule has 2 fully saturated rings. The lowest BCUT2D eigenvalue weighted by Crippen LogP contribution is -2.42. The van der Waals surface area contributed by atoms with E-state index in [1.807, 2.05) is 12.1 Å². The smallest absolute Gasteiger partial charge is 0.227 e. The Hall–Kier alpha value is -1.31. The molecule has 1 aromatic rings. The predicted octanol–water partition coefficient (Wildman–Crippen LogP) is 2.94. The second-order valence-electron chi connectivity index (χ2n) is 6.92. The lowest BCUT2D eigenvalue weighted by molar-refractivity contribution is -0.120. The van der Waals surface area contributed by atoms with Crippen LogP contribution in [0.5, 0.6) is 0 Å². The van der Waals surface area contributed by atoms with Crippen LogP contribution in [-0.2, 0) is 14.8 Å². The number of nitrogens with zero attached hydrogens (tertiary/aromatic N) is 2. The van der Waals surface area contributed by atoms with E-state index in [1.54, 1.807) is 13.0 Å². The Balaban J connectivity index is 1.66. The van der Waals surface area contributed by atoms with Gasteiger partial charge >= 0.3 is 0 Å². The molecule has 0 saturated carbocycles. The van der Waals surface area contributed by atoms with Gasteiger partial charge in [-0.25, -0.2) is 12.7 Å². The first-order valence-corrected chi connectivity index (χ1v) is 11.2. The van der Waals surface area contributed by atoms with Crippen LogP contribution in [0.4, 0.5) is 11.4 Å². The number of carbonyl (C=O) groups is 1. The second-order valence-corrected chi connectivity index (χ2v) is 9.61. The van der Waals surface area contributed by atoms with E-state index in [4.69, 9.17) is 11.6 Å². The Bertz CT molecular complexity index is 755. The first-order valence-electron chi connectivity index (χ1n) is 9.24. The summed E-state index contributed by atoms with van der Waals surface area (Å²) in [7, 11) is -3.18. The molecule has 0 aliphatic carbocycles.